The predicted molar refractivity (Wildman–Crippen MR) is 245 cm³/mol. The highest BCUT2D eigenvalue weighted by Gasteiger charge is 2.13. The zero-order valence-corrected chi connectivity index (χ0v) is 33.5. The lowest BCUT2D eigenvalue weighted by Crippen LogP contribution is -2.09. The summed E-state index contributed by atoms with van der Waals surface area (Å²) in [7, 11) is 1.70. The lowest BCUT2D eigenvalue weighted by molar-refractivity contribution is 0.415. The molecule has 280 valence electrons. The smallest absolute Gasteiger partial charge is 0.119 e. The largest absolute Gasteiger partial charge is 0.497 e. The molecule has 0 saturated carbocycles. The number of hydrogen-bond acceptors (Lipinski definition) is 2. The quantitative estimate of drug-likeness (QED) is 0.116. The van der Waals surface area contributed by atoms with E-state index in [2.05, 4.69) is 227 Å². The molecular weight excluding hydrogens is 691 g/mol. The van der Waals surface area contributed by atoms with Crippen LogP contribution in [0.4, 0.5) is 17.1 Å². The molecule has 0 spiro atoms. The molecule has 2 nitrogen and oxygen atoms in total. The van der Waals surface area contributed by atoms with Gasteiger partial charge in [-0.25, -0.2) is 0 Å². The van der Waals surface area contributed by atoms with Crippen LogP contribution in [0, 0.1) is 27.7 Å². The minimum atomic E-state index is 0.826. The molecular formula is C55H49NO. The van der Waals surface area contributed by atoms with Crippen LogP contribution in [0.2, 0.25) is 0 Å². The molecule has 0 atom stereocenters. The Morgan fingerprint density at radius 1 is 0.368 bits per heavy atom. The Hall–Kier alpha value is -6.90. The van der Waals surface area contributed by atoms with E-state index in [-0.39, 0.29) is 0 Å². The maximum absolute atomic E-state index is 5.49. The van der Waals surface area contributed by atoms with Crippen molar-refractivity contribution in [1.82, 2.24) is 0 Å². The third kappa shape index (κ3) is 9.86. The molecule has 0 radical (unpaired) electrons. The third-order valence-corrected chi connectivity index (χ3v) is 10.2. The second-order valence-corrected chi connectivity index (χ2v) is 14.6. The summed E-state index contributed by atoms with van der Waals surface area (Å²) in [6, 6.07) is 60.7. The second kappa shape index (κ2) is 18.2. The molecule has 7 rings (SSSR count). The van der Waals surface area contributed by atoms with Crippen molar-refractivity contribution in [3.63, 3.8) is 0 Å². The summed E-state index contributed by atoms with van der Waals surface area (Å²) >= 11 is 0. The van der Waals surface area contributed by atoms with Crippen molar-refractivity contribution in [2.24, 2.45) is 0 Å². The van der Waals surface area contributed by atoms with Crippen molar-refractivity contribution < 1.29 is 4.74 Å². The van der Waals surface area contributed by atoms with E-state index in [0.29, 0.717) is 0 Å². The molecule has 57 heavy (non-hydrogen) atoms. The van der Waals surface area contributed by atoms with E-state index in [9.17, 15) is 0 Å². The first-order valence-electron chi connectivity index (χ1n) is 19.5. The Bertz CT molecular complexity index is 2240. The topological polar surface area (TPSA) is 12.5 Å². The number of ether oxygens (including phenoxy) is 1. The van der Waals surface area contributed by atoms with Crippen LogP contribution >= 0.6 is 0 Å². The molecule has 2 heteroatoms. The molecule has 0 fully saturated rings. The average molecular weight is 740 g/mol. The summed E-state index contributed by atoms with van der Waals surface area (Å²) in [6.45, 7) is 8.50. The fourth-order valence-corrected chi connectivity index (χ4v) is 6.81. The van der Waals surface area contributed by atoms with E-state index in [1.165, 1.54) is 55.7 Å². The summed E-state index contributed by atoms with van der Waals surface area (Å²) in [5.41, 5.74) is 17.6. The Balaban J connectivity index is 1.15. The van der Waals surface area contributed by atoms with Crippen LogP contribution < -0.4 is 9.64 Å². The van der Waals surface area contributed by atoms with Gasteiger partial charge in [0.15, 0.2) is 0 Å². The first kappa shape index (κ1) is 38.4. The predicted octanol–water partition coefficient (Wildman–Crippen LogP) is 14.7. The summed E-state index contributed by atoms with van der Waals surface area (Å²) in [5, 5.41) is 0. The van der Waals surface area contributed by atoms with Crippen LogP contribution in [0.5, 0.6) is 5.75 Å². The third-order valence-electron chi connectivity index (χ3n) is 10.2. The number of anilines is 3. The number of nitrogens with zero attached hydrogens (tertiary/aromatic N) is 1. The lowest BCUT2D eigenvalue weighted by Gasteiger charge is -2.26. The molecule has 0 unspecified atom stereocenters. The van der Waals surface area contributed by atoms with Gasteiger partial charge in [-0.15, -0.1) is 0 Å². The van der Waals surface area contributed by atoms with Gasteiger partial charge in [0.05, 0.1) is 7.11 Å². The fraction of sp³-hybridized carbons (Fsp3) is 0.0909. The molecule has 0 aliphatic heterocycles. The van der Waals surface area contributed by atoms with Gasteiger partial charge in [-0.2, -0.15) is 0 Å². The first-order valence-corrected chi connectivity index (χ1v) is 19.5. The molecule has 7 aromatic carbocycles. The monoisotopic (exact) mass is 739 g/mol. The average Bonchev–Trinajstić information content (AvgIpc) is 3.24. The summed E-state index contributed by atoms with van der Waals surface area (Å²) < 4.78 is 5.49. The van der Waals surface area contributed by atoms with Gasteiger partial charge in [0.1, 0.15) is 5.75 Å². The summed E-state index contributed by atoms with van der Waals surface area (Å²) in [4.78, 5) is 2.28. The van der Waals surface area contributed by atoms with Crippen LogP contribution in [-0.2, 0) is 0 Å². The van der Waals surface area contributed by atoms with Crippen LogP contribution in [0.3, 0.4) is 0 Å². The van der Waals surface area contributed by atoms with Gasteiger partial charge in [0.25, 0.3) is 0 Å². The van der Waals surface area contributed by atoms with Crippen molar-refractivity contribution >= 4 is 40.4 Å². The van der Waals surface area contributed by atoms with Crippen molar-refractivity contribution in [2.45, 2.75) is 27.7 Å². The Morgan fingerprint density at radius 2 is 0.649 bits per heavy atom. The second-order valence-electron chi connectivity index (χ2n) is 14.6. The van der Waals surface area contributed by atoms with Crippen molar-refractivity contribution in [3.05, 3.63) is 250 Å². The zero-order valence-electron chi connectivity index (χ0n) is 33.5. The van der Waals surface area contributed by atoms with E-state index in [4.69, 9.17) is 4.74 Å². The molecule has 0 N–H and O–H groups in total. The van der Waals surface area contributed by atoms with Crippen LogP contribution in [-0.4, -0.2) is 7.11 Å². The van der Waals surface area contributed by atoms with Gasteiger partial charge < -0.3 is 9.64 Å². The number of allylic oxidation sites excluding steroid dienone is 4. The minimum absolute atomic E-state index is 0.826. The molecule has 0 amide bonds. The van der Waals surface area contributed by atoms with Gasteiger partial charge in [-0.1, -0.05) is 180 Å². The normalized spacial score (nSPS) is 11.1. The summed E-state index contributed by atoms with van der Waals surface area (Å²) in [6.07, 6.45) is 13.1. The number of methoxy groups -OCH3 is 1. The Labute approximate surface area is 339 Å². The molecule has 0 bridgehead atoms. The number of benzene rings is 7. The van der Waals surface area contributed by atoms with Gasteiger partial charge in [0.2, 0.25) is 0 Å². The van der Waals surface area contributed by atoms with E-state index in [0.717, 1.165) is 33.9 Å². The molecule has 0 saturated heterocycles. The number of aryl methyl sites for hydroxylation is 4. The lowest BCUT2D eigenvalue weighted by atomic mass is 9.96. The van der Waals surface area contributed by atoms with E-state index < -0.39 is 0 Å². The van der Waals surface area contributed by atoms with E-state index in [1.807, 2.05) is 12.1 Å². The standard InChI is InChI=1S/C55H49NO/c1-40-12-24-46(25-13-40)54(47-26-14-41(2)15-27-47)10-6-8-44-20-32-50(33-21-44)56(52-36-38-53(57-5)39-37-52)51-34-22-45(23-35-51)9-7-11-55(48-28-16-42(3)17-29-48)49-30-18-43(4)19-31-49/h6-39H,1-5H3. The van der Waals surface area contributed by atoms with Crippen LogP contribution in [0.25, 0.3) is 23.3 Å². The molecule has 0 aromatic heterocycles. The van der Waals surface area contributed by atoms with Gasteiger partial charge in [-0.05, 0) is 121 Å². The van der Waals surface area contributed by atoms with E-state index >= 15 is 0 Å². The fourth-order valence-electron chi connectivity index (χ4n) is 6.81. The zero-order chi connectivity index (χ0) is 39.6. The highest BCUT2D eigenvalue weighted by molar-refractivity contribution is 5.83. The van der Waals surface area contributed by atoms with Gasteiger partial charge >= 0.3 is 0 Å². The van der Waals surface area contributed by atoms with Crippen LogP contribution in [0.15, 0.2) is 194 Å². The highest BCUT2D eigenvalue weighted by atomic mass is 16.5. The molecule has 7 aromatic rings. The van der Waals surface area contributed by atoms with Gasteiger partial charge in [0, 0.05) is 17.1 Å². The van der Waals surface area contributed by atoms with Crippen LogP contribution in [0.1, 0.15) is 55.6 Å². The van der Waals surface area contributed by atoms with Crippen molar-refractivity contribution in [2.75, 3.05) is 12.0 Å². The molecule has 0 aliphatic carbocycles. The van der Waals surface area contributed by atoms with Gasteiger partial charge in [-0.3, -0.25) is 0 Å². The Kier molecular flexibility index (Phi) is 12.2. The van der Waals surface area contributed by atoms with Crippen molar-refractivity contribution in [1.29, 1.82) is 0 Å². The number of rotatable bonds is 12. The van der Waals surface area contributed by atoms with E-state index in [1.54, 1.807) is 7.11 Å². The van der Waals surface area contributed by atoms with Crippen molar-refractivity contribution in [3.8, 4) is 5.75 Å². The maximum Gasteiger partial charge on any atom is 0.119 e. The SMILES string of the molecule is COc1ccc(N(c2ccc(C=CC=C(c3ccc(C)cc3)c3ccc(C)cc3)cc2)c2ccc(C=CC=C(c3ccc(C)cc3)c3ccc(C)cc3)cc2)cc1. The summed E-state index contributed by atoms with van der Waals surface area (Å²) in [5.74, 6) is 0.826. The number of hydrogen-bond donors (Lipinski definition) is 0. The minimum Gasteiger partial charge on any atom is -0.497 e. The first-order chi connectivity index (χ1) is 27.8. The molecule has 0 aliphatic rings. The highest BCUT2D eigenvalue weighted by Crippen LogP contribution is 2.36. The Morgan fingerprint density at radius 3 is 0.930 bits per heavy atom. The molecule has 0 heterocycles. The maximum atomic E-state index is 5.49.